The van der Waals surface area contributed by atoms with Crippen LogP contribution < -0.4 is 10.1 Å². The van der Waals surface area contributed by atoms with Crippen LogP contribution in [0.25, 0.3) is 0 Å². The quantitative estimate of drug-likeness (QED) is 0.855. The Labute approximate surface area is 140 Å². The van der Waals surface area contributed by atoms with E-state index in [2.05, 4.69) is 5.32 Å². The van der Waals surface area contributed by atoms with Crippen LogP contribution in [-0.2, 0) is 16.0 Å². The van der Waals surface area contributed by atoms with Gasteiger partial charge in [0.05, 0.1) is 6.61 Å². The maximum Gasteiger partial charge on any atom is 0.326 e. The lowest BCUT2D eigenvalue weighted by Gasteiger charge is -2.16. The third-order valence-corrected chi connectivity index (χ3v) is 4.15. The number of hydrogen-bond acceptors (Lipinski definition) is 3. The number of benzene rings is 2. The molecule has 2 unspecified atom stereocenters. The lowest BCUT2D eigenvalue weighted by Crippen LogP contribution is -2.42. The summed E-state index contributed by atoms with van der Waals surface area (Å²) in [5.41, 5.74) is 1.88. The number of rotatable bonds is 6. The first-order valence-corrected chi connectivity index (χ1v) is 7.91. The first kappa shape index (κ1) is 16.1. The average molecular weight is 325 g/mol. The lowest BCUT2D eigenvalue weighted by molar-refractivity contribution is -0.141. The fraction of sp³-hybridized carbons (Fsp3) is 0.263. The second kappa shape index (κ2) is 7.17. The van der Waals surface area contributed by atoms with Gasteiger partial charge in [0, 0.05) is 24.3 Å². The van der Waals surface area contributed by atoms with Crippen LogP contribution in [0.15, 0.2) is 54.6 Å². The van der Waals surface area contributed by atoms with E-state index in [-0.39, 0.29) is 24.7 Å². The molecule has 0 bridgehead atoms. The highest BCUT2D eigenvalue weighted by atomic mass is 16.5. The molecule has 0 saturated carbocycles. The fourth-order valence-corrected chi connectivity index (χ4v) is 2.93. The molecule has 5 nitrogen and oxygen atoms in total. The molecule has 2 atom stereocenters. The zero-order valence-corrected chi connectivity index (χ0v) is 13.1. The molecule has 124 valence electrons. The summed E-state index contributed by atoms with van der Waals surface area (Å²) < 4.78 is 5.56. The van der Waals surface area contributed by atoms with E-state index >= 15 is 0 Å². The molecule has 0 radical (unpaired) electrons. The molecule has 2 aromatic rings. The molecular formula is C19H19NO4. The van der Waals surface area contributed by atoms with Crippen molar-refractivity contribution in [2.45, 2.75) is 24.8 Å². The van der Waals surface area contributed by atoms with Crippen molar-refractivity contribution >= 4 is 11.9 Å². The summed E-state index contributed by atoms with van der Waals surface area (Å²) in [5, 5.41) is 12.0. The molecule has 1 heterocycles. The van der Waals surface area contributed by atoms with E-state index in [1.165, 1.54) is 0 Å². The Balaban J connectivity index is 1.61. The number of hydrogen-bond donors (Lipinski definition) is 2. The second-order valence-corrected chi connectivity index (χ2v) is 5.90. The summed E-state index contributed by atoms with van der Waals surface area (Å²) in [7, 11) is 0. The highest BCUT2D eigenvalue weighted by molar-refractivity contribution is 5.84. The van der Waals surface area contributed by atoms with Crippen molar-refractivity contribution in [2.75, 3.05) is 6.61 Å². The first-order valence-electron chi connectivity index (χ1n) is 7.91. The third-order valence-electron chi connectivity index (χ3n) is 4.15. The third kappa shape index (κ3) is 3.74. The van der Waals surface area contributed by atoms with Gasteiger partial charge in [-0.3, -0.25) is 4.79 Å². The van der Waals surface area contributed by atoms with Crippen LogP contribution in [0.1, 0.15) is 23.5 Å². The number of carbonyl (C=O) groups is 2. The lowest BCUT2D eigenvalue weighted by atomic mass is 9.97. The molecule has 1 aliphatic rings. The average Bonchev–Trinajstić information content (AvgIpc) is 2.98. The maximum atomic E-state index is 12.3. The highest BCUT2D eigenvalue weighted by Gasteiger charge is 2.28. The van der Waals surface area contributed by atoms with Gasteiger partial charge in [0.1, 0.15) is 11.8 Å². The molecule has 2 N–H and O–H groups in total. The Morgan fingerprint density at radius 1 is 1.12 bits per heavy atom. The van der Waals surface area contributed by atoms with Gasteiger partial charge in [0.25, 0.3) is 0 Å². The SMILES string of the molecule is O=C(CC1COc2ccccc21)NC(Cc1ccccc1)C(=O)O. The van der Waals surface area contributed by atoms with Gasteiger partial charge in [-0.25, -0.2) is 4.79 Å². The van der Waals surface area contributed by atoms with Crippen LogP contribution in [0.5, 0.6) is 5.75 Å². The molecule has 1 amide bonds. The summed E-state index contributed by atoms with van der Waals surface area (Å²) in [6, 6.07) is 16.0. The highest BCUT2D eigenvalue weighted by Crippen LogP contribution is 2.35. The summed E-state index contributed by atoms with van der Waals surface area (Å²) in [6.45, 7) is 0.448. The number of carboxylic acids is 1. The normalized spacial score (nSPS) is 16.8. The number of para-hydroxylation sites is 1. The fourth-order valence-electron chi connectivity index (χ4n) is 2.93. The zero-order valence-electron chi connectivity index (χ0n) is 13.1. The summed E-state index contributed by atoms with van der Waals surface area (Å²) >= 11 is 0. The van der Waals surface area contributed by atoms with Crippen LogP contribution in [0, 0.1) is 0 Å². The van der Waals surface area contributed by atoms with Crippen LogP contribution in [-0.4, -0.2) is 29.6 Å². The van der Waals surface area contributed by atoms with Gasteiger partial charge in [-0.15, -0.1) is 0 Å². The van der Waals surface area contributed by atoms with Gasteiger partial charge in [0.15, 0.2) is 0 Å². The van der Waals surface area contributed by atoms with E-state index in [1.807, 2.05) is 54.6 Å². The Morgan fingerprint density at radius 2 is 1.83 bits per heavy atom. The van der Waals surface area contributed by atoms with Crippen LogP contribution >= 0.6 is 0 Å². The molecule has 0 saturated heterocycles. The van der Waals surface area contributed by atoms with Crippen LogP contribution in [0.4, 0.5) is 0 Å². The second-order valence-electron chi connectivity index (χ2n) is 5.90. The first-order chi connectivity index (χ1) is 11.6. The molecule has 0 aromatic heterocycles. The Hall–Kier alpha value is -2.82. The van der Waals surface area contributed by atoms with Crippen LogP contribution in [0.3, 0.4) is 0 Å². The summed E-state index contributed by atoms with van der Waals surface area (Å²) in [6.07, 6.45) is 0.481. The largest absolute Gasteiger partial charge is 0.493 e. The van der Waals surface area contributed by atoms with Gasteiger partial charge in [-0.1, -0.05) is 48.5 Å². The van der Waals surface area contributed by atoms with Crippen molar-refractivity contribution in [2.24, 2.45) is 0 Å². The number of aliphatic carboxylic acids is 1. The van der Waals surface area contributed by atoms with E-state index in [0.29, 0.717) is 6.61 Å². The number of carbonyl (C=O) groups excluding carboxylic acids is 1. The van der Waals surface area contributed by atoms with Crippen LogP contribution in [0.2, 0.25) is 0 Å². The zero-order chi connectivity index (χ0) is 16.9. The minimum Gasteiger partial charge on any atom is -0.493 e. The van der Waals surface area contributed by atoms with Crippen molar-refractivity contribution in [1.82, 2.24) is 5.32 Å². The van der Waals surface area contributed by atoms with E-state index in [0.717, 1.165) is 16.9 Å². The molecule has 0 aliphatic carbocycles. The molecule has 0 fully saturated rings. The minimum atomic E-state index is -1.03. The molecule has 1 aliphatic heterocycles. The minimum absolute atomic E-state index is 0.0348. The predicted molar refractivity (Wildman–Crippen MR) is 89.0 cm³/mol. The van der Waals surface area contributed by atoms with Gasteiger partial charge < -0.3 is 15.2 Å². The van der Waals surface area contributed by atoms with Crippen molar-refractivity contribution in [3.8, 4) is 5.75 Å². The number of carboxylic acid groups (broad SMARTS) is 1. The van der Waals surface area contributed by atoms with Crippen molar-refractivity contribution in [3.05, 3.63) is 65.7 Å². The van der Waals surface area contributed by atoms with Crippen molar-refractivity contribution < 1.29 is 19.4 Å². The van der Waals surface area contributed by atoms with E-state index in [1.54, 1.807) is 0 Å². The Bertz CT molecular complexity index is 729. The standard InChI is InChI=1S/C19H19NO4/c21-18(11-14-12-24-17-9-5-4-8-15(14)17)20-16(19(22)23)10-13-6-2-1-3-7-13/h1-9,14,16H,10-12H2,(H,20,21)(H,22,23). The molecule has 5 heteroatoms. The van der Waals surface area contributed by atoms with E-state index in [4.69, 9.17) is 4.74 Å². The molecule has 0 spiro atoms. The van der Waals surface area contributed by atoms with Gasteiger partial charge in [0.2, 0.25) is 5.91 Å². The monoisotopic (exact) mass is 325 g/mol. The number of fused-ring (bicyclic) bond motifs is 1. The molecule has 2 aromatic carbocycles. The van der Waals surface area contributed by atoms with Gasteiger partial charge in [-0.05, 0) is 11.6 Å². The Morgan fingerprint density at radius 3 is 2.58 bits per heavy atom. The number of amides is 1. The van der Waals surface area contributed by atoms with E-state index in [9.17, 15) is 14.7 Å². The van der Waals surface area contributed by atoms with E-state index < -0.39 is 12.0 Å². The van der Waals surface area contributed by atoms with Gasteiger partial charge >= 0.3 is 5.97 Å². The number of ether oxygens (including phenoxy) is 1. The summed E-state index contributed by atoms with van der Waals surface area (Å²) in [4.78, 5) is 23.7. The molecule has 3 rings (SSSR count). The maximum absolute atomic E-state index is 12.3. The topological polar surface area (TPSA) is 75.6 Å². The molecular weight excluding hydrogens is 306 g/mol. The van der Waals surface area contributed by atoms with Crippen molar-refractivity contribution in [1.29, 1.82) is 0 Å². The Kier molecular flexibility index (Phi) is 4.79. The predicted octanol–water partition coefficient (Wildman–Crippen LogP) is 2.36. The number of nitrogens with one attached hydrogen (secondary N) is 1. The van der Waals surface area contributed by atoms with Crippen molar-refractivity contribution in [3.63, 3.8) is 0 Å². The summed E-state index contributed by atoms with van der Waals surface area (Å²) in [5.74, 6) is -0.541. The molecule has 24 heavy (non-hydrogen) atoms. The van der Waals surface area contributed by atoms with Gasteiger partial charge in [-0.2, -0.15) is 0 Å². The smallest absolute Gasteiger partial charge is 0.326 e.